The highest BCUT2D eigenvalue weighted by Crippen LogP contribution is 2.40. The number of thioether (sulfide) groups is 1. The Morgan fingerprint density at radius 3 is 2.88 bits per heavy atom. The zero-order valence-corrected chi connectivity index (χ0v) is 15.6. The number of halogens is 1. The van der Waals surface area contributed by atoms with Crippen LogP contribution in [0.3, 0.4) is 0 Å². The van der Waals surface area contributed by atoms with Gasteiger partial charge in [-0.25, -0.2) is 0 Å². The molecule has 4 rings (SSSR count). The smallest absolute Gasteiger partial charge is 0.191 e. The van der Waals surface area contributed by atoms with Crippen molar-refractivity contribution in [2.45, 2.75) is 43.1 Å². The molecule has 3 aromatic rings. The SMILES string of the molecule is C=CCn1c(SCc2nc3ccccc3c(C)c2Cl)nnc1C1CC1. The second kappa shape index (κ2) is 6.81. The fraction of sp³-hybridized carbons (Fsp3) is 0.316. The van der Waals surface area contributed by atoms with Crippen molar-refractivity contribution in [1.82, 2.24) is 19.7 Å². The minimum absolute atomic E-state index is 0.562. The molecule has 1 saturated carbocycles. The summed E-state index contributed by atoms with van der Waals surface area (Å²) < 4.78 is 2.16. The van der Waals surface area contributed by atoms with Gasteiger partial charge in [0.05, 0.1) is 16.2 Å². The van der Waals surface area contributed by atoms with E-state index in [-0.39, 0.29) is 0 Å². The van der Waals surface area contributed by atoms with Crippen molar-refractivity contribution in [1.29, 1.82) is 0 Å². The number of pyridine rings is 1. The summed E-state index contributed by atoms with van der Waals surface area (Å²) in [5.41, 5.74) is 2.95. The highest BCUT2D eigenvalue weighted by atomic mass is 35.5. The second-order valence-electron chi connectivity index (χ2n) is 6.32. The number of fused-ring (bicyclic) bond motifs is 1. The molecule has 1 aliphatic rings. The van der Waals surface area contributed by atoms with E-state index in [1.165, 1.54) is 12.8 Å². The van der Waals surface area contributed by atoms with Gasteiger partial charge in [0.1, 0.15) is 5.82 Å². The summed E-state index contributed by atoms with van der Waals surface area (Å²) in [6.45, 7) is 6.64. The van der Waals surface area contributed by atoms with Gasteiger partial charge < -0.3 is 4.57 Å². The maximum absolute atomic E-state index is 6.57. The first-order valence-corrected chi connectivity index (χ1v) is 9.76. The van der Waals surface area contributed by atoms with E-state index < -0.39 is 0 Å². The lowest BCUT2D eigenvalue weighted by Crippen LogP contribution is -2.03. The van der Waals surface area contributed by atoms with Gasteiger partial charge in [-0.05, 0) is 31.4 Å². The predicted molar refractivity (Wildman–Crippen MR) is 103 cm³/mol. The first-order valence-electron chi connectivity index (χ1n) is 8.39. The van der Waals surface area contributed by atoms with E-state index in [0.29, 0.717) is 11.7 Å². The Bertz CT molecular complexity index is 946. The maximum Gasteiger partial charge on any atom is 0.191 e. The van der Waals surface area contributed by atoms with Crippen molar-refractivity contribution in [3.05, 3.63) is 59.0 Å². The van der Waals surface area contributed by atoms with Crippen LogP contribution in [0.5, 0.6) is 0 Å². The average molecular weight is 371 g/mol. The van der Waals surface area contributed by atoms with E-state index in [2.05, 4.69) is 27.4 Å². The molecule has 0 aliphatic heterocycles. The van der Waals surface area contributed by atoms with E-state index in [1.54, 1.807) is 11.8 Å². The van der Waals surface area contributed by atoms with Gasteiger partial charge >= 0.3 is 0 Å². The van der Waals surface area contributed by atoms with Crippen molar-refractivity contribution < 1.29 is 0 Å². The number of hydrogen-bond donors (Lipinski definition) is 0. The first-order chi connectivity index (χ1) is 12.2. The molecule has 1 fully saturated rings. The third-order valence-corrected chi connectivity index (χ3v) is 5.96. The number of allylic oxidation sites excluding steroid dienone is 1. The molecule has 2 heterocycles. The van der Waals surface area contributed by atoms with E-state index in [0.717, 1.165) is 44.7 Å². The van der Waals surface area contributed by atoms with Crippen molar-refractivity contribution in [2.24, 2.45) is 0 Å². The number of para-hydroxylation sites is 1. The van der Waals surface area contributed by atoms with Crippen molar-refractivity contribution in [2.75, 3.05) is 0 Å². The maximum atomic E-state index is 6.57. The van der Waals surface area contributed by atoms with Crippen molar-refractivity contribution in [3.8, 4) is 0 Å². The van der Waals surface area contributed by atoms with Crippen LogP contribution >= 0.6 is 23.4 Å². The van der Waals surface area contributed by atoms with E-state index in [4.69, 9.17) is 16.6 Å². The lowest BCUT2D eigenvalue weighted by Gasteiger charge is -2.10. The molecule has 0 atom stereocenters. The number of aryl methyl sites for hydroxylation is 1. The molecule has 0 amide bonds. The number of hydrogen-bond acceptors (Lipinski definition) is 4. The first kappa shape index (κ1) is 16.6. The minimum Gasteiger partial charge on any atom is -0.302 e. The summed E-state index contributed by atoms with van der Waals surface area (Å²) in [6.07, 6.45) is 4.30. The summed E-state index contributed by atoms with van der Waals surface area (Å²) in [6, 6.07) is 8.10. The van der Waals surface area contributed by atoms with E-state index >= 15 is 0 Å². The minimum atomic E-state index is 0.562. The molecular weight excluding hydrogens is 352 g/mol. The molecule has 0 unspecified atom stereocenters. The molecule has 25 heavy (non-hydrogen) atoms. The van der Waals surface area contributed by atoms with Gasteiger partial charge in [-0.2, -0.15) is 0 Å². The van der Waals surface area contributed by atoms with Crippen LogP contribution in [0.2, 0.25) is 5.02 Å². The Balaban J connectivity index is 1.62. The molecule has 1 aliphatic carbocycles. The summed E-state index contributed by atoms with van der Waals surface area (Å²) >= 11 is 8.20. The third kappa shape index (κ3) is 3.18. The van der Waals surface area contributed by atoms with Crippen molar-refractivity contribution in [3.63, 3.8) is 0 Å². The molecule has 0 saturated heterocycles. The van der Waals surface area contributed by atoms with Crippen LogP contribution in [0.25, 0.3) is 10.9 Å². The van der Waals surface area contributed by atoms with E-state index in [1.807, 2.05) is 31.2 Å². The Kier molecular flexibility index (Phi) is 4.52. The fourth-order valence-electron chi connectivity index (χ4n) is 3.00. The zero-order valence-electron chi connectivity index (χ0n) is 14.1. The summed E-state index contributed by atoms with van der Waals surface area (Å²) in [5, 5.41) is 11.5. The average Bonchev–Trinajstić information content (AvgIpc) is 3.39. The highest BCUT2D eigenvalue weighted by Gasteiger charge is 2.30. The van der Waals surface area contributed by atoms with E-state index in [9.17, 15) is 0 Å². The van der Waals surface area contributed by atoms with Crippen LogP contribution in [0, 0.1) is 6.92 Å². The Morgan fingerprint density at radius 2 is 2.12 bits per heavy atom. The van der Waals surface area contributed by atoms with Crippen LogP contribution < -0.4 is 0 Å². The Morgan fingerprint density at radius 1 is 1.32 bits per heavy atom. The molecule has 0 N–H and O–H groups in total. The molecule has 128 valence electrons. The predicted octanol–water partition coefficient (Wildman–Crippen LogP) is 5.14. The topological polar surface area (TPSA) is 43.6 Å². The second-order valence-corrected chi connectivity index (χ2v) is 7.64. The lowest BCUT2D eigenvalue weighted by molar-refractivity contribution is 0.681. The van der Waals surface area contributed by atoms with Crippen molar-refractivity contribution >= 4 is 34.3 Å². The van der Waals surface area contributed by atoms with Crippen LogP contribution in [-0.2, 0) is 12.3 Å². The van der Waals surface area contributed by atoms with Gasteiger partial charge in [0, 0.05) is 23.6 Å². The Labute approximate surface area is 156 Å². The summed E-state index contributed by atoms with van der Waals surface area (Å²) in [7, 11) is 0. The van der Waals surface area contributed by atoms with Gasteiger partial charge in [-0.15, -0.1) is 16.8 Å². The molecule has 0 radical (unpaired) electrons. The molecule has 0 spiro atoms. The van der Waals surface area contributed by atoms with Crippen LogP contribution in [-0.4, -0.2) is 19.7 Å². The fourth-order valence-corrected chi connectivity index (χ4v) is 4.18. The normalized spacial score (nSPS) is 14.2. The lowest BCUT2D eigenvalue weighted by atomic mass is 10.1. The van der Waals surface area contributed by atoms with Crippen LogP contribution in [0.15, 0.2) is 42.1 Å². The molecule has 4 nitrogen and oxygen atoms in total. The third-order valence-electron chi connectivity index (χ3n) is 4.48. The zero-order chi connectivity index (χ0) is 17.4. The number of benzene rings is 1. The summed E-state index contributed by atoms with van der Waals surface area (Å²) in [5.74, 6) is 2.31. The summed E-state index contributed by atoms with van der Waals surface area (Å²) in [4.78, 5) is 4.75. The molecule has 1 aromatic carbocycles. The van der Waals surface area contributed by atoms with Crippen LogP contribution in [0.4, 0.5) is 0 Å². The molecule has 0 bridgehead atoms. The van der Waals surface area contributed by atoms with Gasteiger partial charge in [-0.3, -0.25) is 4.98 Å². The van der Waals surface area contributed by atoms with Gasteiger partial charge in [0.25, 0.3) is 0 Å². The Hall–Kier alpha value is -1.85. The van der Waals surface area contributed by atoms with Gasteiger partial charge in [0.2, 0.25) is 0 Å². The number of aromatic nitrogens is 4. The molecule has 6 heteroatoms. The number of rotatable bonds is 6. The molecular formula is C19H19ClN4S. The standard InChI is InChI=1S/C19H19ClN4S/c1-3-10-24-18(13-8-9-13)22-23-19(24)25-11-16-17(20)12(2)14-6-4-5-7-15(14)21-16/h3-7,13H,1,8-11H2,2H3. The van der Waals surface area contributed by atoms with Gasteiger partial charge in [-0.1, -0.05) is 47.6 Å². The molecule has 2 aromatic heterocycles. The number of nitrogens with zero attached hydrogens (tertiary/aromatic N) is 4. The monoisotopic (exact) mass is 370 g/mol. The van der Waals surface area contributed by atoms with Crippen LogP contribution in [0.1, 0.15) is 35.8 Å². The highest BCUT2D eigenvalue weighted by molar-refractivity contribution is 7.98. The quantitative estimate of drug-likeness (QED) is 0.445. The largest absolute Gasteiger partial charge is 0.302 e. The van der Waals surface area contributed by atoms with Gasteiger partial charge in [0.15, 0.2) is 5.16 Å².